The molecule has 242 valence electrons. The maximum atomic E-state index is 15.1. The van der Waals surface area contributed by atoms with Crippen LogP contribution in [0, 0.1) is 30.9 Å². The highest BCUT2D eigenvalue weighted by Gasteiger charge is 2.32. The van der Waals surface area contributed by atoms with Crippen LogP contribution in [-0.4, -0.2) is 75.4 Å². The number of amides is 1. The lowest BCUT2D eigenvalue weighted by Crippen LogP contribution is -2.51. The first kappa shape index (κ1) is 30.7. The number of nitrogens with zero attached hydrogens (tertiary/aromatic N) is 5. The van der Waals surface area contributed by atoms with Gasteiger partial charge >= 0.3 is 0 Å². The van der Waals surface area contributed by atoms with E-state index in [4.69, 9.17) is 11.2 Å². The maximum Gasteiger partial charge on any atom is 0.254 e. The molecule has 1 aliphatic carbocycles. The van der Waals surface area contributed by atoms with Crippen molar-refractivity contribution in [3.05, 3.63) is 83.0 Å². The van der Waals surface area contributed by atoms with Crippen LogP contribution in [0.1, 0.15) is 48.0 Å². The third kappa shape index (κ3) is 5.89. The Labute approximate surface area is 272 Å². The first-order valence-electron chi connectivity index (χ1n) is 16.2. The summed E-state index contributed by atoms with van der Waals surface area (Å²) in [6.45, 7) is 5.93. The number of allylic oxidation sites excluding steroid dienone is 1. The minimum absolute atomic E-state index is 0.0193. The highest BCUT2D eigenvalue weighted by Crippen LogP contribution is 2.35. The third-order valence-electron chi connectivity index (χ3n) is 9.40. The normalized spacial score (nSPS) is 17.8. The average Bonchev–Trinajstić information content (AvgIpc) is 3.75. The number of terminal acetylenes is 1. The molecule has 3 fully saturated rings. The topological polar surface area (TPSA) is 87.0 Å². The molecular formula is C36H37F2N7O2. The van der Waals surface area contributed by atoms with Gasteiger partial charge < -0.3 is 25.2 Å². The number of ether oxygens (including phenoxy) is 1. The highest BCUT2D eigenvalue weighted by molar-refractivity contribution is 5.96. The number of anilines is 2. The number of imidazole rings is 1. The standard InChI is InChI=1S/C36H37F2N7O2/c1-3-20-47-30-12-11-27(31(37)32(30)38)29-22-41-35-34(40-14-15-45(29)35)42-25-9-10-26(23(2)21-25)36(46)44-18-16-43(17-19-44)33(24-6-4-7-24)28-8-5-13-39-28/h1,9-12,14-15,21-22,28,39H,4-8,13,16-20H2,2H3,(H,40,42)/t28-/m0/s1. The second-order valence-corrected chi connectivity index (χ2v) is 12.3. The molecule has 0 radical (unpaired) electrons. The Hall–Kier alpha value is -4.95. The minimum Gasteiger partial charge on any atom is -0.478 e. The first-order chi connectivity index (χ1) is 22.9. The van der Waals surface area contributed by atoms with Gasteiger partial charge in [-0.3, -0.25) is 9.20 Å². The Morgan fingerprint density at radius 1 is 1.09 bits per heavy atom. The lowest BCUT2D eigenvalue weighted by molar-refractivity contribution is 0.0660. The summed E-state index contributed by atoms with van der Waals surface area (Å²) in [5.74, 6) is 0.262. The van der Waals surface area contributed by atoms with Crippen LogP contribution in [0.4, 0.5) is 20.3 Å². The number of hydrogen-bond donors (Lipinski definition) is 2. The van der Waals surface area contributed by atoms with Gasteiger partial charge in [-0.15, -0.1) is 6.42 Å². The summed E-state index contributed by atoms with van der Waals surface area (Å²) in [5, 5.41) is 6.97. The van der Waals surface area contributed by atoms with Gasteiger partial charge in [0.1, 0.15) is 6.61 Å². The van der Waals surface area contributed by atoms with Crippen LogP contribution in [0.5, 0.6) is 5.75 Å². The van der Waals surface area contributed by atoms with Crippen LogP contribution in [0.3, 0.4) is 0 Å². The summed E-state index contributed by atoms with van der Waals surface area (Å²) < 4.78 is 36.5. The largest absolute Gasteiger partial charge is 0.478 e. The summed E-state index contributed by atoms with van der Waals surface area (Å²) >= 11 is 0. The highest BCUT2D eigenvalue weighted by atomic mass is 19.2. The summed E-state index contributed by atoms with van der Waals surface area (Å²) in [6.07, 6.45) is 15.9. The van der Waals surface area contributed by atoms with Crippen molar-refractivity contribution in [2.24, 2.45) is 0 Å². The lowest BCUT2D eigenvalue weighted by Gasteiger charge is -2.41. The van der Waals surface area contributed by atoms with Crippen LogP contribution in [0.2, 0.25) is 0 Å². The molecule has 0 unspecified atom stereocenters. The first-order valence-corrected chi connectivity index (χ1v) is 16.2. The van der Waals surface area contributed by atoms with Crippen molar-refractivity contribution in [1.82, 2.24) is 29.5 Å². The van der Waals surface area contributed by atoms with E-state index in [0.29, 0.717) is 41.9 Å². The predicted octanol–water partition coefficient (Wildman–Crippen LogP) is 5.69. The number of halogens is 2. The Morgan fingerprint density at radius 2 is 1.89 bits per heavy atom. The number of rotatable bonds is 8. The van der Waals surface area contributed by atoms with Crippen molar-refractivity contribution in [3.63, 3.8) is 0 Å². The van der Waals surface area contributed by atoms with Gasteiger partial charge in [-0.25, -0.2) is 14.4 Å². The summed E-state index contributed by atoms with van der Waals surface area (Å²) in [7, 11) is 0. The van der Waals surface area contributed by atoms with Crippen LogP contribution < -0.4 is 15.4 Å². The molecule has 3 aliphatic rings. The lowest BCUT2D eigenvalue weighted by atomic mass is 9.87. The fourth-order valence-corrected chi connectivity index (χ4v) is 6.82. The number of carbonyl (C=O) groups excluding carboxylic acids is 1. The number of nitrogens with one attached hydrogen (secondary N) is 2. The molecule has 7 rings (SSSR count). The fourth-order valence-electron chi connectivity index (χ4n) is 6.82. The molecule has 47 heavy (non-hydrogen) atoms. The zero-order valence-corrected chi connectivity index (χ0v) is 26.4. The number of aryl methyl sites for hydroxylation is 1. The second kappa shape index (κ2) is 13.0. The predicted molar refractivity (Wildman–Crippen MR) is 177 cm³/mol. The molecule has 9 nitrogen and oxygen atoms in total. The number of benzene rings is 2. The van der Waals surface area contributed by atoms with Gasteiger partial charge in [0, 0.05) is 67.1 Å². The molecule has 2 N–H and O–H groups in total. The van der Waals surface area contributed by atoms with Crippen molar-refractivity contribution < 1.29 is 18.3 Å². The molecule has 0 bridgehead atoms. The van der Waals surface area contributed by atoms with E-state index in [1.165, 1.54) is 56.1 Å². The molecule has 4 heterocycles. The zero-order valence-electron chi connectivity index (χ0n) is 26.4. The maximum absolute atomic E-state index is 15.1. The van der Waals surface area contributed by atoms with Crippen LogP contribution in [0.25, 0.3) is 16.9 Å². The summed E-state index contributed by atoms with van der Waals surface area (Å²) in [4.78, 5) is 27.0. The molecular weight excluding hydrogens is 600 g/mol. The third-order valence-corrected chi connectivity index (χ3v) is 9.40. The smallest absolute Gasteiger partial charge is 0.254 e. The summed E-state index contributed by atoms with van der Waals surface area (Å²) in [5.41, 5.74) is 6.12. The van der Waals surface area contributed by atoms with Crippen molar-refractivity contribution in [1.29, 1.82) is 0 Å². The number of piperazine rings is 1. The van der Waals surface area contributed by atoms with Gasteiger partial charge in [-0.05, 0) is 87.0 Å². The van der Waals surface area contributed by atoms with Crippen molar-refractivity contribution in [3.8, 4) is 29.4 Å². The molecule has 11 heteroatoms. The molecule has 1 atom stereocenters. The SMILES string of the molecule is C#CCOc1ccc(-c2cnc3c(Nc4ccc(C(=O)N5CCN(C(=C6CCC6)[C@@H]6CCCN6)CC5)c(C)c4)nccn23)c(F)c1F. The number of fused-ring (bicyclic) bond motifs is 1. The van der Waals surface area contributed by atoms with E-state index in [0.717, 1.165) is 30.9 Å². The van der Waals surface area contributed by atoms with Gasteiger partial charge in [0.15, 0.2) is 23.0 Å². The second-order valence-electron chi connectivity index (χ2n) is 12.3. The number of carbonyl (C=O) groups is 1. The minimum atomic E-state index is -1.12. The molecule has 0 spiro atoms. The van der Waals surface area contributed by atoms with E-state index in [1.54, 1.807) is 22.4 Å². The van der Waals surface area contributed by atoms with E-state index < -0.39 is 11.6 Å². The monoisotopic (exact) mass is 637 g/mol. The molecule has 4 aromatic rings. The van der Waals surface area contributed by atoms with E-state index in [-0.39, 0.29) is 23.8 Å². The molecule has 2 saturated heterocycles. The van der Waals surface area contributed by atoms with Gasteiger partial charge in [-0.1, -0.05) is 5.92 Å². The molecule has 2 aliphatic heterocycles. The number of aromatic nitrogens is 3. The Morgan fingerprint density at radius 3 is 2.60 bits per heavy atom. The van der Waals surface area contributed by atoms with Gasteiger partial charge in [0.25, 0.3) is 5.91 Å². The molecule has 1 saturated carbocycles. The molecule has 1 amide bonds. The van der Waals surface area contributed by atoms with Gasteiger partial charge in [0.2, 0.25) is 5.82 Å². The van der Waals surface area contributed by atoms with Gasteiger partial charge in [0.05, 0.1) is 11.9 Å². The van der Waals surface area contributed by atoms with E-state index >= 15 is 4.39 Å². The average molecular weight is 638 g/mol. The van der Waals surface area contributed by atoms with Crippen LogP contribution in [0.15, 0.2) is 60.2 Å². The molecule has 2 aromatic heterocycles. The number of hydrogen-bond acceptors (Lipinski definition) is 7. The summed E-state index contributed by atoms with van der Waals surface area (Å²) in [6, 6.07) is 8.83. The van der Waals surface area contributed by atoms with Crippen molar-refractivity contribution >= 4 is 23.1 Å². The Balaban J connectivity index is 1.05. The van der Waals surface area contributed by atoms with Crippen LogP contribution in [-0.2, 0) is 0 Å². The van der Waals surface area contributed by atoms with E-state index in [2.05, 4.69) is 31.4 Å². The fraction of sp³-hybridized carbons (Fsp3) is 0.361. The Kier molecular flexibility index (Phi) is 8.52. The van der Waals surface area contributed by atoms with Crippen LogP contribution >= 0.6 is 0 Å². The van der Waals surface area contributed by atoms with E-state index in [1.807, 2.05) is 30.0 Å². The van der Waals surface area contributed by atoms with Crippen molar-refractivity contribution in [2.75, 3.05) is 44.6 Å². The quantitative estimate of drug-likeness (QED) is 0.240. The van der Waals surface area contributed by atoms with Crippen molar-refractivity contribution in [2.45, 2.75) is 45.1 Å². The van der Waals surface area contributed by atoms with Gasteiger partial charge in [-0.2, -0.15) is 4.39 Å². The van der Waals surface area contributed by atoms with E-state index in [9.17, 15) is 9.18 Å². The zero-order chi connectivity index (χ0) is 32.5. The Bertz CT molecular complexity index is 1890. The molecule has 2 aromatic carbocycles.